The smallest absolute Gasteiger partial charge is 0.352 e. The van der Waals surface area contributed by atoms with Gasteiger partial charge in [-0.1, -0.05) is 12.1 Å². The zero-order valence-electron chi connectivity index (χ0n) is 16.1. The van der Waals surface area contributed by atoms with Crippen molar-refractivity contribution in [3.63, 3.8) is 0 Å². The van der Waals surface area contributed by atoms with E-state index < -0.39 is 39.3 Å². The van der Waals surface area contributed by atoms with Crippen molar-refractivity contribution in [3.8, 4) is 0 Å². The van der Waals surface area contributed by atoms with Crippen molar-refractivity contribution in [3.05, 3.63) is 65.2 Å². The van der Waals surface area contributed by atoms with Crippen LogP contribution in [0.1, 0.15) is 24.0 Å². The van der Waals surface area contributed by atoms with E-state index in [1.165, 1.54) is 12.1 Å². The molecule has 0 spiro atoms. The number of alkyl halides is 3. The standard InChI is InChI=1S/C20H19F5N2O3S/c21-17-5-4-16(11-18(17)22)31(29,30)27-8-6-14(7-9-27)19(28)26-12-13-2-1-3-15(10-13)20(23,24)25/h1-5,10-11,14H,6-9,12H2,(H,26,28). The third kappa shape index (κ3) is 5.40. The van der Waals surface area contributed by atoms with E-state index in [-0.39, 0.29) is 43.3 Å². The van der Waals surface area contributed by atoms with Gasteiger partial charge in [0.25, 0.3) is 0 Å². The largest absolute Gasteiger partial charge is 0.416 e. The molecular weight excluding hydrogens is 443 g/mol. The number of benzene rings is 2. The summed E-state index contributed by atoms with van der Waals surface area (Å²) in [6.45, 7) is -0.0813. The summed E-state index contributed by atoms with van der Waals surface area (Å²) in [5.74, 6) is -3.33. The van der Waals surface area contributed by atoms with E-state index in [4.69, 9.17) is 0 Å². The van der Waals surface area contributed by atoms with Gasteiger partial charge in [-0.25, -0.2) is 17.2 Å². The van der Waals surface area contributed by atoms with Crippen LogP contribution in [-0.4, -0.2) is 31.7 Å². The maximum atomic E-state index is 13.4. The number of sulfonamides is 1. The molecule has 0 aliphatic carbocycles. The van der Waals surface area contributed by atoms with Gasteiger partial charge in [-0.05, 0) is 48.7 Å². The summed E-state index contributed by atoms with van der Waals surface area (Å²) < 4.78 is 91.1. The monoisotopic (exact) mass is 462 g/mol. The minimum absolute atomic E-state index is 0.00295. The maximum Gasteiger partial charge on any atom is 0.416 e. The van der Waals surface area contributed by atoms with E-state index in [2.05, 4.69) is 5.32 Å². The molecule has 2 aromatic rings. The molecule has 0 radical (unpaired) electrons. The number of amides is 1. The summed E-state index contributed by atoms with van der Waals surface area (Å²) >= 11 is 0. The molecule has 0 atom stereocenters. The van der Waals surface area contributed by atoms with Crippen LogP contribution in [0.4, 0.5) is 22.0 Å². The molecular formula is C20H19F5N2O3S. The van der Waals surface area contributed by atoms with Crippen LogP contribution in [0.3, 0.4) is 0 Å². The number of hydrogen-bond donors (Lipinski definition) is 1. The van der Waals surface area contributed by atoms with Gasteiger partial charge in [0.15, 0.2) is 11.6 Å². The quantitative estimate of drug-likeness (QED) is 0.690. The van der Waals surface area contributed by atoms with Gasteiger partial charge in [0.2, 0.25) is 15.9 Å². The average molecular weight is 462 g/mol. The highest BCUT2D eigenvalue weighted by atomic mass is 32.2. The zero-order valence-corrected chi connectivity index (χ0v) is 16.9. The van der Waals surface area contributed by atoms with E-state index in [9.17, 15) is 35.2 Å². The van der Waals surface area contributed by atoms with Gasteiger partial charge in [-0.3, -0.25) is 4.79 Å². The van der Waals surface area contributed by atoms with Crippen LogP contribution in [0.15, 0.2) is 47.4 Å². The van der Waals surface area contributed by atoms with E-state index in [0.29, 0.717) is 11.6 Å². The minimum atomic E-state index is -4.48. The highest BCUT2D eigenvalue weighted by molar-refractivity contribution is 7.89. The Kier molecular flexibility index (Phi) is 6.65. The number of rotatable bonds is 5. The van der Waals surface area contributed by atoms with Gasteiger partial charge in [-0.2, -0.15) is 17.5 Å². The lowest BCUT2D eigenvalue weighted by Gasteiger charge is -2.30. The van der Waals surface area contributed by atoms with Gasteiger partial charge in [0.05, 0.1) is 10.5 Å². The Bertz CT molecular complexity index is 1060. The van der Waals surface area contributed by atoms with Gasteiger partial charge in [0, 0.05) is 25.6 Å². The van der Waals surface area contributed by atoms with Crippen molar-refractivity contribution in [2.75, 3.05) is 13.1 Å². The Hall–Kier alpha value is -2.53. The number of piperidine rings is 1. The molecule has 11 heteroatoms. The topological polar surface area (TPSA) is 66.5 Å². The second-order valence-corrected chi connectivity index (χ2v) is 9.11. The van der Waals surface area contributed by atoms with Gasteiger partial charge >= 0.3 is 6.18 Å². The highest BCUT2D eigenvalue weighted by Gasteiger charge is 2.33. The van der Waals surface area contributed by atoms with Crippen molar-refractivity contribution in [1.82, 2.24) is 9.62 Å². The molecule has 168 valence electrons. The Morgan fingerprint density at radius 3 is 2.32 bits per heavy atom. The lowest BCUT2D eigenvalue weighted by Crippen LogP contribution is -2.42. The number of hydrogen-bond acceptors (Lipinski definition) is 3. The first-order valence-electron chi connectivity index (χ1n) is 9.37. The van der Waals surface area contributed by atoms with Crippen LogP contribution < -0.4 is 5.32 Å². The molecule has 1 aliphatic rings. The highest BCUT2D eigenvalue weighted by Crippen LogP contribution is 2.29. The Morgan fingerprint density at radius 1 is 1.03 bits per heavy atom. The number of halogens is 5. The molecule has 2 aromatic carbocycles. The molecule has 0 saturated carbocycles. The molecule has 0 bridgehead atoms. The molecule has 0 aromatic heterocycles. The lowest BCUT2D eigenvalue weighted by atomic mass is 9.97. The van der Waals surface area contributed by atoms with Gasteiger partial charge < -0.3 is 5.32 Å². The number of nitrogens with one attached hydrogen (secondary N) is 1. The van der Waals surface area contributed by atoms with Crippen molar-refractivity contribution in [1.29, 1.82) is 0 Å². The maximum absolute atomic E-state index is 13.4. The lowest BCUT2D eigenvalue weighted by molar-refractivity contribution is -0.137. The second-order valence-electron chi connectivity index (χ2n) is 7.17. The predicted octanol–water partition coefficient (Wildman–Crippen LogP) is 3.70. The first-order valence-corrected chi connectivity index (χ1v) is 10.8. The van der Waals surface area contributed by atoms with E-state index >= 15 is 0 Å². The van der Waals surface area contributed by atoms with Crippen molar-refractivity contribution < 1.29 is 35.2 Å². The normalized spacial score (nSPS) is 16.3. The van der Waals surface area contributed by atoms with Crippen molar-refractivity contribution in [2.24, 2.45) is 5.92 Å². The summed E-state index contributed by atoms with van der Waals surface area (Å²) in [5.41, 5.74) is -0.517. The van der Waals surface area contributed by atoms with Crippen LogP contribution in [-0.2, 0) is 27.5 Å². The third-order valence-corrected chi connectivity index (χ3v) is 6.97. The molecule has 5 nitrogen and oxygen atoms in total. The second kappa shape index (κ2) is 8.91. The molecule has 1 aliphatic heterocycles. The summed E-state index contributed by atoms with van der Waals surface area (Å²) in [6.07, 6.45) is -4.10. The molecule has 1 heterocycles. The predicted molar refractivity (Wildman–Crippen MR) is 101 cm³/mol. The van der Waals surface area contributed by atoms with Crippen LogP contribution in [0, 0.1) is 17.6 Å². The molecule has 31 heavy (non-hydrogen) atoms. The fourth-order valence-corrected chi connectivity index (χ4v) is 4.82. The molecule has 1 fully saturated rings. The van der Waals surface area contributed by atoms with Crippen LogP contribution in [0.5, 0.6) is 0 Å². The van der Waals surface area contributed by atoms with Crippen molar-refractivity contribution in [2.45, 2.75) is 30.5 Å². The summed E-state index contributed by atoms with van der Waals surface area (Å²) in [4.78, 5) is 12.0. The number of nitrogens with zero attached hydrogens (tertiary/aromatic N) is 1. The number of carbonyl (C=O) groups is 1. The first-order chi connectivity index (χ1) is 14.5. The average Bonchev–Trinajstić information content (AvgIpc) is 2.73. The van der Waals surface area contributed by atoms with Crippen LogP contribution in [0.2, 0.25) is 0 Å². The first kappa shape index (κ1) is 23.1. The summed E-state index contributed by atoms with van der Waals surface area (Å²) in [7, 11) is -4.04. The van der Waals surface area contributed by atoms with E-state index in [0.717, 1.165) is 28.6 Å². The SMILES string of the molecule is O=C(NCc1cccc(C(F)(F)F)c1)C1CCN(S(=O)(=O)c2ccc(F)c(F)c2)CC1. The Balaban J connectivity index is 1.57. The molecule has 0 unspecified atom stereocenters. The van der Waals surface area contributed by atoms with E-state index in [1.54, 1.807) is 0 Å². The van der Waals surface area contributed by atoms with Crippen LogP contribution in [0.25, 0.3) is 0 Å². The summed E-state index contributed by atoms with van der Waals surface area (Å²) in [5, 5.41) is 2.58. The minimum Gasteiger partial charge on any atom is -0.352 e. The van der Waals surface area contributed by atoms with Crippen LogP contribution >= 0.6 is 0 Å². The third-order valence-electron chi connectivity index (χ3n) is 5.07. The molecule has 3 rings (SSSR count). The summed E-state index contributed by atoms with van der Waals surface area (Å²) in [6, 6.07) is 6.93. The zero-order chi connectivity index (χ0) is 22.8. The Labute approximate surface area is 175 Å². The molecule has 1 N–H and O–H groups in total. The number of carbonyl (C=O) groups excluding carboxylic acids is 1. The van der Waals surface area contributed by atoms with Gasteiger partial charge in [-0.15, -0.1) is 0 Å². The Morgan fingerprint density at radius 2 is 1.71 bits per heavy atom. The molecule has 1 saturated heterocycles. The fourth-order valence-electron chi connectivity index (χ4n) is 3.34. The fraction of sp³-hybridized carbons (Fsp3) is 0.350. The van der Waals surface area contributed by atoms with E-state index in [1.807, 2.05) is 0 Å². The van der Waals surface area contributed by atoms with Crippen molar-refractivity contribution >= 4 is 15.9 Å². The molecule has 1 amide bonds. The van der Waals surface area contributed by atoms with Gasteiger partial charge in [0.1, 0.15) is 0 Å².